The van der Waals surface area contributed by atoms with Gasteiger partial charge in [-0.1, -0.05) is 34.1 Å². The largest absolute Gasteiger partial charge is 0.326 e. The van der Waals surface area contributed by atoms with E-state index in [1.165, 1.54) is 12.1 Å². The highest BCUT2D eigenvalue weighted by molar-refractivity contribution is 9.10. The van der Waals surface area contributed by atoms with Gasteiger partial charge in [0.05, 0.1) is 10.6 Å². The van der Waals surface area contributed by atoms with Gasteiger partial charge in [-0.05, 0) is 42.8 Å². The van der Waals surface area contributed by atoms with Gasteiger partial charge in [0, 0.05) is 16.6 Å². The Labute approximate surface area is 138 Å². The van der Waals surface area contributed by atoms with E-state index in [0.717, 1.165) is 10.0 Å². The van der Waals surface area contributed by atoms with Crippen molar-refractivity contribution in [2.75, 3.05) is 11.1 Å². The molecule has 0 atom stereocenters. The van der Waals surface area contributed by atoms with Crippen molar-refractivity contribution in [3.05, 3.63) is 58.6 Å². The van der Waals surface area contributed by atoms with Gasteiger partial charge in [0.25, 0.3) is 0 Å². The molecule has 0 spiro atoms. The molecular weight excluding hydrogens is 366 g/mol. The van der Waals surface area contributed by atoms with E-state index in [9.17, 15) is 13.2 Å². The summed E-state index contributed by atoms with van der Waals surface area (Å²) < 4.78 is 25.2. The Morgan fingerprint density at radius 2 is 1.82 bits per heavy atom. The lowest BCUT2D eigenvalue weighted by molar-refractivity contribution is -0.115. The molecule has 22 heavy (non-hydrogen) atoms. The molecule has 0 saturated heterocycles. The first-order chi connectivity index (χ1) is 10.4. The lowest BCUT2D eigenvalue weighted by Crippen LogP contribution is -2.17. The third-order valence-electron chi connectivity index (χ3n) is 3.16. The fourth-order valence-corrected chi connectivity index (χ4v) is 3.69. The summed E-state index contributed by atoms with van der Waals surface area (Å²) >= 11 is 3.35. The van der Waals surface area contributed by atoms with Gasteiger partial charge >= 0.3 is 0 Å². The molecule has 2 rings (SSSR count). The molecule has 0 aliphatic heterocycles. The van der Waals surface area contributed by atoms with E-state index in [2.05, 4.69) is 21.2 Å². The lowest BCUT2D eigenvalue weighted by atomic mass is 10.2. The van der Waals surface area contributed by atoms with Crippen molar-refractivity contribution in [1.29, 1.82) is 0 Å². The molecule has 4 nitrogen and oxygen atoms in total. The average Bonchev–Trinajstić information content (AvgIpc) is 2.49. The van der Waals surface area contributed by atoms with Crippen LogP contribution in [-0.2, 0) is 14.6 Å². The van der Waals surface area contributed by atoms with E-state index < -0.39 is 9.84 Å². The monoisotopic (exact) mass is 381 g/mol. The van der Waals surface area contributed by atoms with Crippen LogP contribution in [0.4, 0.5) is 5.69 Å². The topological polar surface area (TPSA) is 63.2 Å². The van der Waals surface area contributed by atoms with Gasteiger partial charge in [0.1, 0.15) is 0 Å². The zero-order valence-corrected chi connectivity index (χ0v) is 14.4. The number of carbonyl (C=O) groups excluding carboxylic acids is 1. The molecule has 2 aromatic rings. The summed E-state index contributed by atoms with van der Waals surface area (Å²) in [6.45, 7) is 1.88. The summed E-state index contributed by atoms with van der Waals surface area (Å²) in [6, 6.07) is 13.6. The molecule has 0 aliphatic carbocycles. The third kappa shape index (κ3) is 4.42. The molecule has 116 valence electrons. The molecule has 0 radical (unpaired) electrons. The van der Waals surface area contributed by atoms with E-state index in [1.54, 1.807) is 24.3 Å². The summed E-state index contributed by atoms with van der Waals surface area (Å²) in [5, 5.41) is 2.74. The van der Waals surface area contributed by atoms with Crippen LogP contribution in [0.25, 0.3) is 0 Å². The lowest BCUT2D eigenvalue weighted by Gasteiger charge is -2.09. The second kappa shape index (κ2) is 7.07. The Morgan fingerprint density at radius 1 is 1.14 bits per heavy atom. The fourth-order valence-electron chi connectivity index (χ4n) is 1.95. The summed E-state index contributed by atoms with van der Waals surface area (Å²) in [5.74, 6) is -0.525. The van der Waals surface area contributed by atoms with Gasteiger partial charge < -0.3 is 5.32 Å². The minimum absolute atomic E-state index is 0.0767. The first-order valence-electron chi connectivity index (χ1n) is 6.72. The number of hydrogen-bond acceptors (Lipinski definition) is 3. The van der Waals surface area contributed by atoms with Crippen LogP contribution in [0.3, 0.4) is 0 Å². The SMILES string of the molecule is Cc1cc(Br)ccc1NC(=O)CCS(=O)(=O)c1ccccc1. The number of carbonyl (C=O) groups is 1. The van der Waals surface area contributed by atoms with Crippen molar-refractivity contribution >= 4 is 37.4 Å². The first kappa shape index (κ1) is 16.7. The zero-order valence-electron chi connectivity index (χ0n) is 12.0. The van der Waals surface area contributed by atoms with Gasteiger partial charge in [0.15, 0.2) is 9.84 Å². The van der Waals surface area contributed by atoms with Crippen molar-refractivity contribution in [2.45, 2.75) is 18.2 Å². The number of rotatable bonds is 5. The normalized spacial score (nSPS) is 11.2. The van der Waals surface area contributed by atoms with E-state index in [1.807, 2.05) is 19.1 Å². The Bertz CT molecular complexity index is 773. The Kier molecular flexibility index (Phi) is 5.37. The maximum atomic E-state index is 12.1. The molecule has 6 heteroatoms. The molecule has 0 bridgehead atoms. The molecule has 0 aromatic heterocycles. The molecule has 0 heterocycles. The Morgan fingerprint density at radius 3 is 2.45 bits per heavy atom. The standard InChI is InChI=1S/C16H16BrNO3S/c1-12-11-13(17)7-8-15(12)18-16(19)9-10-22(20,21)14-5-3-2-4-6-14/h2-8,11H,9-10H2,1H3,(H,18,19). The van der Waals surface area contributed by atoms with Crippen LogP contribution >= 0.6 is 15.9 Å². The number of nitrogens with one attached hydrogen (secondary N) is 1. The van der Waals surface area contributed by atoms with Crippen molar-refractivity contribution in [1.82, 2.24) is 0 Å². The minimum atomic E-state index is -3.43. The second-order valence-corrected chi connectivity index (χ2v) is 7.91. The van der Waals surface area contributed by atoms with Crippen LogP contribution < -0.4 is 5.32 Å². The maximum Gasteiger partial charge on any atom is 0.225 e. The number of halogens is 1. The summed E-state index contributed by atoms with van der Waals surface area (Å²) in [5.41, 5.74) is 1.60. The number of aryl methyl sites for hydroxylation is 1. The average molecular weight is 382 g/mol. The van der Waals surface area contributed by atoms with E-state index in [0.29, 0.717) is 5.69 Å². The van der Waals surface area contributed by atoms with Crippen molar-refractivity contribution in [3.63, 3.8) is 0 Å². The van der Waals surface area contributed by atoms with Crippen LogP contribution in [0, 0.1) is 6.92 Å². The van der Waals surface area contributed by atoms with Crippen LogP contribution in [0.15, 0.2) is 57.9 Å². The number of hydrogen-bond donors (Lipinski definition) is 1. The first-order valence-corrected chi connectivity index (χ1v) is 9.17. The molecule has 0 fully saturated rings. The molecule has 0 saturated carbocycles. The molecule has 0 unspecified atom stereocenters. The molecule has 2 aromatic carbocycles. The molecule has 0 aliphatic rings. The number of amides is 1. The van der Waals surface area contributed by atoms with Gasteiger partial charge in [-0.3, -0.25) is 4.79 Å². The van der Waals surface area contributed by atoms with E-state index in [4.69, 9.17) is 0 Å². The van der Waals surface area contributed by atoms with Crippen molar-refractivity contribution in [2.24, 2.45) is 0 Å². The van der Waals surface area contributed by atoms with Crippen molar-refractivity contribution < 1.29 is 13.2 Å². The minimum Gasteiger partial charge on any atom is -0.326 e. The molecule has 1 N–H and O–H groups in total. The third-order valence-corrected chi connectivity index (χ3v) is 5.39. The predicted molar refractivity (Wildman–Crippen MR) is 90.6 cm³/mol. The number of benzene rings is 2. The van der Waals surface area contributed by atoms with Gasteiger partial charge in [-0.25, -0.2) is 8.42 Å². The summed E-state index contributed by atoms with van der Waals surface area (Å²) in [6.07, 6.45) is -0.0767. The highest BCUT2D eigenvalue weighted by atomic mass is 79.9. The Balaban J connectivity index is 1.98. The number of sulfone groups is 1. The van der Waals surface area contributed by atoms with Gasteiger partial charge in [-0.15, -0.1) is 0 Å². The molecule has 1 amide bonds. The van der Waals surface area contributed by atoms with Crippen LogP contribution in [0.1, 0.15) is 12.0 Å². The van der Waals surface area contributed by atoms with Crippen LogP contribution in [-0.4, -0.2) is 20.1 Å². The van der Waals surface area contributed by atoms with Crippen molar-refractivity contribution in [3.8, 4) is 0 Å². The summed E-state index contributed by atoms with van der Waals surface area (Å²) in [4.78, 5) is 12.2. The zero-order chi connectivity index (χ0) is 16.2. The quantitative estimate of drug-likeness (QED) is 0.860. The van der Waals surface area contributed by atoms with E-state index in [-0.39, 0.29) is 23.0 Å². The van der Waals surface area contributed by atoms with Gasteiger partial charge in [0.2, 0.25) is 5.91 Å². The maximum absolute atomic E-state index is 12.1. The van der Waals surface area contributed by atoms with E-state index >= 15 is 0 Å². The van der Waals surface area contributed by atoms with Gasteiger partial charge in [-0.2, -0.15) is 0 Å². The second-order valence-electron chi connectivity index (χ2n) is 4.89. The molecular formula is C16H16BrNO3S. The highest BCUT2D eigenvalue weighted by Gasteiger charge is 2.16. The Hall–Kier alpha value is -1.66. The smallest absolute Gasteiger partial charge is 0.225 e. The van der Waals surface area contributed by atoms with Crippen LogP contribution in [0.5, 0.6) is 0 Å². The van der Waals surface area contributed by atoms with Crippen LogP contribution in [0.2, 0.25) is 0 Å². The summed E-state index contributed by atoms with van der Waals surface area (Å²) in [7, 11) is -3.43. The predicted octanol–water partition coefficient (Wildman–Crippen LogP) is 3.56. The fraction of sp³-hybridized carbons (Fsp3) is 0.188. The highest BCUT2D eigenvalue weighted by Crippen LogP contribution is 2.20. The number of anilines is 1.